The van der Waals surface area contributed by atoms with E-state index in [4.69, 9.17) is 4.74 Å². The SMILES string of the molecule is Cc1cc(C(=O)COC(=O)CCn2cnc3c(cnn3C)c2=O)c(C)n1-c1ccccc1. The van der Waals surface area contributed by atoms with Crippen LogP contribution in [0.5, 0.6) is 0 Å². The van der Waals surface area contributed by atoms with E-state index in [-0.39, 0.29) is 30.9 Å². The summed E-state index contributed by atoms with van der Waals surface area (Å²) in [7, 11) is 1.70. The minimum atomic E-state index is -0.562. The molecule has 0 aliphatic carbocycles. The van der Waals surface area contributed by atoms with E-state index < -0.39 is 5.97 Å². The molecule has 9 nitrogen and oxygen atoms in total. The lowest BCUT2D eigenvalue weighted by atomic mass is 10.1. The number of aromatic nitrogens is 5. The maximum atomic E-state index is 12.7. The molecule has 0 saturated heterocycles. The van der Waals surface area contributed by atoms with E-state index in [1.165, 1.54) is 21.8 Å². The Bertz CT molecular complexity index is 1360. The molecule has 0 N–H and O–H groups in total. The molecule has 9 heteroatoms. The Morgan fingerprint density at radius 2 is 1.88 bits per heavy atom. The second-order valence-electron chi connectivity index (χ2n) is 7.54. The summed E-state index contributed by atoms with van der Waals surface area (Å²) in [6.45, 7) is 3.54. The number of para-hydroxylation sites is 1. The van der Waals surface area contributed by atoms with Gasteiger partial charge in [0, 0.05) is 36.2 Å². The molecule has 3 heterocycles. The molecule has 0 radical (unpaired) electrons. The van der Waals surface area contributed by atoms with E-state index in [1.54, 1.807) is 13.1 Å². The summed E-state index contributed by atoms with van der Waals surface area (Å²) in [4.78, 5) is 41.5. The maximum absolute atomic E-state index is 12.7. The molecule has 1 aromatic carbocycles. The van der Waals surface area contributed by atoms with Gasteiger partial charge in [0.25, 0.3) is 5.56 Å². The number of aryl methyl sites for hydroxylation is 3. The number of Topliss-reactive ketones (excluding diaryl/α,β-unsaturated/α-hetero) is 1. The van der Waals surface area contributed by atoms with Crippen LogP contribution in [-0.2, 0) is 23.1 Å². The largest absolute Gasteiger partial charge is 0.457 e. The fourth-order valence-electron chi connectivity index (χ4n) is 3.75. The summed E-state index contributed by atoms with van der Waals surface area (Å²) in [5.41, 5.74) is 3.39. The summed E-state index contributed by atoms with van der Waals surface area (Å²) in [5, 5.41) is 4.40. The number of fused-ring (bicyclic) bond motifs is 1. The molecule has 0 aliphatic heterocycles. The van der Waals surface area contributed by atoms with E-state index in [1.807, 2.05) is 48.7 Å². The highest BCUT2D eigenvalue weighted by atomic mass is 16.5. The van der Waals surface area contributed by atoms with E-state index >= 15 is 0 Å². The second-order valence-corrected chi connectivity index (χ2v) is 7.54. The van der Waals surface area contributed by atoms with Crippen LogP contribution in [0, 0.1) is 13.8 Å². The van der Waals surface area contributed by atoms with Crippen LogP contribution in [0.2, 0.25) is 0 Å². The van der Waals surface area contributed by atoms with Crippen LogP contribution in [0.1, 0.15) is 28.2 Å². The van der Waals surface area contributed by atoms with Gasteiger partial charge in [0.2, 0.25) is 5.78 Å². The van der Waals surface area contributed by atoms with Gasteiger partial charge in [-0.1, -0.05) is 18.2 Å². The van der Waals surface area contributed by atoms with Crippen molar-refractivity contribution in [2.24, 2.45) is 7.05 Å². The van der Waals surface area contributed by atoms with Crippen molar-refractivity contribution in [1.82, 2.24) is 23.9 Å². The van der Waals surface area contributed by atoms with Gasteiger partial charge in [0.15, 0.2) is 12.3 Å². The first-order valence-corrected chi connectivity index (χ1v) is 10.2. The van der Waals surface area contributed by atoms with E-state index in [0.717, 1.165) is 17.1 Å². The van der Waals surface area contributed by atoms with Gasteiger partial charge in [-0.15, -0.1) is 0 Å². The third kappa shape index (κ3) is 3.96. The van der Waals surface area contributed by atoms with E-state index in [2.05, 4.69) is 10.1 Å². The molecule has 4 aromatic rings. The number of hydrogen-bond acceptors (Lipinski definition) is 6. The number of ketones is 1. The van der Waals surface area contributed by atoms with E-state index in [0.29, 0.717) is 16.6 Å². The summed E-state index contributed by atoms with van der Waals surface area (Å²) in [6.07, 6.45) is 2.77. The predicted octanol–water partition coefficient (Wildman–Crippen LogP) is 2.35. The first-order chi connectivity index (χ1) is 15.4. The van der Waals surface area contributed by atoms with Crippen molar-refractivity contribution in [1.29, 1.82) is 0 Å². The Kier molecular flexibility index (Phi) is 5.72. The van der Waals surface area contributed by atoms with Gasteiger partial charge in [-0.2, -0.15) is 5.10 Å². The predicted molar refractivity (Wildman–Crippen MR) is 118 cm³/mol. The lowest BCUT2D eigenvalue weighted by Gasteiger charge is -2.10. The fourth-order valence-corrected chi connectivity index (χ4v) is 3.75. The molecular formula is C23H23N5O4. The topological polar surface area (TPSA) is 101 Å². The number of carbonyl (C=O) groups is 2. The number of rotatable bonds is 7. The average Bonchev–Trinajstić information content (AvgIpc) is 3.31. The van der Waals surface area contributed by atoms with Gasteiger partial charge in [0.05, 0.1) is 18.9 Å². The highest BCUT2D eigenvalue weighted by Crippen LogP contribution is 2.21. The molecule has 0 saturated carbocycles. The molecule has 3 aromatic heterocycles. The van der Waals surface area contributed by atoms with Gasteiger partial charge in [-0.05, 0) is 32.0 Å². The Balaban J connectivity index is 1.38. The third-order valence-corrected chi connectivity index (χ3v) is 5.39. The van der Waals surface area contributed by atoms with Crippen LogP contribution < -0.4 is 5.56 Å². The van der Waals surface area contributed by atoms with Crippen molar-refractivity contribution in [2.75, 3.05) is 6.61 Å². The zero-order valence-electron chi connectivity index (χ0n) is 18.1. The van der Waals surface area contributed by atoms with Crippen molar-refractivity contribution in [3.05, 3.63) is 76.2 Å². The van der Waals surface area contributed by atoms with Crippen LogP contribution in [0.3, 0.4) is 0 Å². The highest BCUT2D eigenvalue weighted by molar-refractivity contribution is 5.99. The molecule has 32 heavy (non-hydrogen) atoms. The molecule has 0 bridgehead atoms. The normalized spacial score (nSPS) is 11.1. The van der Waals surface area contributed by atoms with Crippen molar-refractivity contribution in [3.63, 3.8) is 0 Å². The van der Waals surface area contributed by atoms with Crippen molar-refractivity contribution < 1.29 is 14.3 Å². The summed E-state index contributed by atoms with van der Waals surface area (Å²) < 4.78 is 10.0. The zero-order chi connectivity index (χ0) is 22.8. The monoisotopic (exact) mass is 433 g/mol. The van der Waals surface area contributed by atoms with Crippen LogP contribution in [0.4, 0.5) is 0 Å². The number of hydrogen-bond donors (Lipinski definition) is 0. The quantitative estimate of drug-likeness (QED) is 0.328. The minimum absolute atomic E-state index is 0.0519. The molecule has 0 spiro atoms. The third-order valence-electron chi connectivity index (χ3n) is 5.39. The Hall–Kier alpha value is -4.01. The summed E-state index contributed by atoms with van der Waals surface area (Å²) in [6, 6.07) is 11.5. The van der Waals surface area contributed by atoms with E-state index in [9.17, 15) is 14.4 Å². The highest BCUT2D eigenvalue weighted by Gasteiger charge is 2.18. The van der Waals surface area contributed by atoms with Gasteiger partial charge in [-0.3, -0.25) is 23.6 Å². The average molecular weight is 433 g/mol. The molecule has 4 rings (SSSR count). The number of ether oxygens (including phenoxy) is 1. The molecule has 0 atom stereocenters. The first-order valence-electron chi connectivity index (χ1n) is 10.2. The van der Waals surface area contributed by atoms with Crippen molar-refractivity contribution in [2.45, 2.75) is 26.8 Å². The lowest BCUT2D eigenvalue weighted by Crippen LogP contribution is -2.23. The second kappa shape index (κ2) is 8.62. The summed E-state index contributed by atoms with van der Waals surface area (Å²) >= 11 is 0. The van der Waals surface area contributed by atoms with Crippen LogP contribution in [0.15, 0.2) is 53.7 Å². The van der Waals surface area contributed by atoms with Crippen LogP contribution in [0.25, 0.3) is 16.7 Å². The first kappa shape index (κ1) is 21.2. The molecule has 0 fully saturated rings. The Morgan fingerprint density at radius 1 is 1.12 bits per heavy atom. The van der Waals surface area contributed by atoms with Gasteiger partial charge in [0.1, 0.15) is 5.39 Å². The van der Waals surface area contributed by atoms with Crippen molar-refractivity contribution in [3.8, 4) is 5.69 Å². The Labute approximate surface area is 183 Å². The summed E-state index contributed by atoms with van der Waals surface area (Å²) in [5.74, 6) is -0.836. The van der Waals surface area contributed by atoms with Gasteiger partial charge >= 0.3 is 5.97 Å². The maximum Gasteiger partial charge on any atom is 0.308 e. The molecule has 0 amide bonds. The zero-order valence-corrected chi connectivity index (χ0v) is 18.1. The number of carbonyl (C=O) groups excluding carboxylic acids is 2. The number of benzene rings is 1. The smallest absolute Gasteiger partial charge is 0.308 e. The van der Waals surface area contributed by atoms with Gasteiger partial charge in [-0.25, -0.2) is 4.98 Å². The standard InChI is InChI=1S/C23H23N5O4/c1-15-11-18(16(2)28(15)17-7-5-4-6-8-17)20(29)13-32-21(30)9-10-27-14-24-22-19(23(27)31)12-25-26(22)3/h4-8,11-12,14H,9-10,13H2,1-3H3. The molecule has 164 valence electrons. The van der Waals surface area contributed by atoms with Crippen LogP contribution >= 0.6 is 0 Å². The van der Waals surface area contributed by atoms with Gasteiger partial charge < -0.3 is 9.30 Å². The Morgan fingerprint density at radius 3 is 2.62 bits per heavy atom. The molecule has 0 aliphatic rings. The number of nitrogens with zero attached hydrogens (tertiary/aromatic N) is 5. The lowest BCUT2D eigenvalue weighted by molar-refractivity contribution is -0.142. The minimum Gasteiger partial charge on any atom is -0.457 e. The fraction of sp³-hybridized carbons (Fsp3) is 0.261. The van der Waals surface area contributed by atoms with Crippen LogP contribution in [-0.4, -0.2) is 42.3 Å². The molecular weight excluding hydrogens is 410 g/mol. The molecule has 0 unspecified atom stereocenters. The number of esters is 1. The van der Waals surface area contributed by atoms with Crippen molar-refractivity contribution >= 4 is 22.8 Å².